The summed E-state index contributed by atoms with van der Waals surface area (Å²) in [4.78, 5) is 14.1. The molecular formula is C10H15N3O2SY. The Kier molecular flexibility index (Phi) is 5.07. The fourth-order valence-corrected chi connectivity index (χ4v) is 2.98. The van der Waals surface area contributed by atoms with E-state index in [2.05, 4.69) is 4.37 Å². The van der Waals surface area contributed by atoms with E-state index in [1.54, 1.807) is 4.90 Å². The summed E-state index contributed by atoms with van der Waals surface area (Å²) in [6.45, 7) is 7.11. The largest absolute Gasteiger partial charge is 0.344 e. The molecule has 91 valence electrons. The molecule has 0 aliphatic carbocycles. The normalized spacial score (nSPS) is 20.5. The van der Waals surface area contributed by atoms with E-state index in [-0.39, 0.29) is 44.8 Å². The SMILES string of the molecule is CC.Cc1nsc2c1CN1CC2N(O)C1=O.[Y]. The third kappa shape index (κ3) is 2.28. The van der Waals surface area contributed by atoms with Crippen LogP contribution < -0.4 is 0 Å². The predicted octanol–water partition coefficient (Wildman–Crippen LogP) is 2.16. The van der Waals surface area contributed by atoms with Gasteiger partial charge in [0.15, 0.2) is 0 Å². The molecule has 5 nitrogen and oxygen atoms in total. The van der Waals surface area contributed by atoms with Gasteiger partial charge in [-0.05, 0) is 18.5 Å². The number of aryl methyl sites for hydroxylation is 1. The molecule has 0 saturated carbocycles. The molecule has 2 aliphatic rings. The van der Waals surface area contributed by atoms with E-state index >= 15 is 0 Å². The van der Waals surface area contributed by atoms with Crippen LogP contribution in [0.2, 0.25) is 0 Å². The number of amides is 2. The number of rotatable bonds is 0. The Morgan fingerprint density at radius 1 is 1.47 bits per heavy atom. The first-order valence-electron chi connectivity index (χ1n) is 5.40. The summed E-state index contributed by atoms with van der Waals surface area (Å²) in [5.74, 6) is 0. The monoisotopic (exact) mass is 330 g/mol. The van der Waals surface area contributed by atoms with Crippen molar-refractivity contribution >= 4 is 17.6 Å². The molecule has 2 bridgehead atoms. The Morgan fingerprint density at radius 3 is 2.76 bits per heavy atom. The number of hydroxylamine groups is 2. The van der Waals surface area contributed by atoms with Gasteiger partial charge in [-0.15, -0.1) is 0 Å². The summed E-state index contributed by atoms with van der Waals surface area (Å²) in [6, 6.07) is -0.491. The molecule has 1 fully saturated rings. The fourth-order valence-electron chi connectivity index (χ4n) is 2.02. The Bertz CT molecular complexity index is 424. The molecule has 3 rings (SSSR count). The second-order valence-corrected chi connectivity index (χ2v) is 4.44. The summed E-state index contributed by atoms with van der Waals surface area (Å²) < 4.78 is 4.24. The Balaban J connectivity index is 0.000000459. The van der Waals surface area contributed by atoms with Gasteiger partial charge in [0.05, 0.1) is 23.7 Å². The van der Waals surface area contributed by atoms with Gasteiger partial charge in [-0.1, -0.05) is 13.8 Å². The number of hydrogen-bond donors (Lipinski definition) is 1. The maximum absolute atomic E-state index is 11.5. The minimum atomic E-state index is -0.294. The van der Waals surface area contributed by atoms with E-state index in [1.807, 2.05) is 20.8 Å². The molecule has 1 saturated heterocycles. The van der Waals surface area contributed by atoms with E-state index in [0.717, 1.165) is 21.2 Å². The van der Waals surface area contributed by atoms with Crippen molar-refractivity contribution in [3.63, 3.8) is 0 Å². The zero-order chi connectivity index (χ0) is 11.9. The van der Waals surface area contributed by atoms with E-state index in [0.29, 0.717) is 13.1 Å². The van der Waals surface area contributed by atoms with Gasteiger partial charge >= 0.3 is 6.03 Å². The Morgan fingerprint density at radius 2 is 2.12 bits per heavy atom. The molecule has 1 N–H and O–H groups in total. The van der Waals surface area contributed by atoms with Gasteiger partial charge in [-0.3, -0.25) is 5.21 Å². The van der Waals surface area contributed by atoms with Gasteiger partial charge in [0, 0.05) is 38.3 Å². The van der Waals surface area contributed by atoms with E-state index < -0.39 is 0 Å². The van der Waals surface area contributed by atoms with Crippen molar-refractivity contribution in [1.29, 1.82) is 0 Å². The van der Waals surface area contributed by atoms with Crippen LogP contribution in [0.1, 0.15) is 36.0 Å². The Labute approximate surface area is 130 Å². The molecule has 1 aromatic heterocycles. The number of carbonyl (C=O) groups is 1. The van der Waals surface area contributed by atoms with Crippen molar-refractivity contribution in [2.24, 2.45) is 0 Å². The van der Waals surface area contributed by atoms with Gasteiger partial charge in [-0.25, -0.2) is 4.79 Å². The maximum atomic E-state index is 11.5. The topological polar surface area (TPSA) is 56.7 Å². The van der Waals surface area contributed by atoms with Crippen molar-refractivity contribution in [3.8, 4) is 0 Å². The molecule has 1 radical (unpaired) electrons. The van der Waals surface area contributed by atoms with Crippen LogP contribution in [0.3, 0.4) is 0 Å². The zero-order valence-electron chi connectivity index (χ0n) is 10.2. The average molecular weight is 330 g/mol. The smallest absolute Gasteiger partial charge is 0.316 e. The summed E-state index contributed by atoms with van der Waals surface area (Å²) >= 11 is 1.39. The van der Waals surface area contributed by atoms with Crippen LogP contribution in [-0.4, -0.2) is 32.1 Å². The molecule has 2 amide bonds. The third-order valence-electron chi connectivity index (χ3n) is 2.82. The molecule has 1 aromatic rings. The first-order chi connectivity index (χ1) is 7.68. The summed E-state index contributed by atoms with van der Waals surface area (Å²) in [6.07, 6.45) is 0. The van der Waals surface area contributed by atoms with E-state index in [1.165, 1.54) is 11.5 Å². The van der Waals surface area contributed by atoms with Crippen molar-refractivity contribution in [1.82, 2.24) is 14.3 Å². The first kappa shape index (κ1) is 15.0. The van der Waals surface area contributed by atoms with Gasteiger partial charge in [0.2, 0.25) is 0 Å². The van der Waals surface area contributed by atoms with Crippen molar-refractivity contribution < 1.29 is 42.7 Å². The number of carbonyl (C=O) groups excluding carboxylic acids is 1. The maximum Gasteiger partial charge on any atom is 0.344 e. The van der Waals surface area contributed by atoms with Gasteiger partial charge in [0.1, 0.15) is 6.04 Å². The number of fused-ring (bicyclic) bond motifs is 4. The zero-order valence-corrected chi connectivity index (χ0v) is 13.8. The molecule has 0 aromatic carbocycles. The van der Waals surface area contributed by atoms with Crippen LogP contribution in [0.4, 0.5) is 4.79 Å². The van der Waals surface area contributed by atoms with Gasteiger partial charge < -0.3 is 4.90 Å². The number of aromatic nitrogens is 1. The third-order valence-corrected chi connectivity index (χ3v) is 3.90. The predicted molar refractivity (Wildman–Crippen MR) is 60.4 cm³/mol. The van der Waals surface area contributed by atoms with Crippen LogP contribution in [0.25, 0.3) is 0 Å². The number of hydrogen-bond acceptors (Lipinski definition) is 4. The molecule has 17 heavy (non-hydrogen) atoms. The van der Waals surface area contributed by atoms with E-state index in [4.69, 9.17) is 0 Å². The first-order valence-corrected chi connectivity index (χ1v) is 6.18. The quantitative estimate of drug-likeness (QED) is 0.742. The molecule has 1 atom stereocenters. The van der Waals surface area contributed by atoms with Crippen LogP contribution in [0, 0.1) is 6.92 Å². The minimum absolute atomic E-state index is 0. The second kappa shape index (κ2) is 5.74. The van der Waals surface area contributed by atoms with Crippen LogP contribution in [0.5, 0.6) is 0 Å². The second-order valence-electron chi connectivity index (χ2n) is 3.63. The van der Waals surface area contributed by atoms with Crippen LogP contribution in [0.15, 0.2) is 0 Å². The minimum Gasteiger partial charge on any atom is -0.316 e. The van der Waals surface area contributed by atoms with Crippen LogP contribution >= 0.6 is 11.5 Å². The summed E-state index contributed by atoms with van der Waals surface area (Å²) in [5, 5.41) is 10.4. The standard InChI is InChI=1S/C8H9N3O2S.C2H6.Y/c1-4-5-2-10-3-6(7(5)14-9-4)11(13)8(10)12;1-2;/h6,13H,2-3H2,1H3;1-2H3;. The van der Waals surface area contributed by atoms with Crippen LogP contribution in [-0.2, 0) is 39.3 Å². The van der Waals surface area contributed by atoms with Crippen molar-refractivity contribution in [2.45, 2.75) is 33.4 Å². The molecule has 0 spiro atoms. The Hall–Kier alpha value is -0.0361. The van der Waals surface area contributed by atoms with Crippen molar-refractivity contribution in [3.05, 3.63) is 16.1 Å². The summed E-state index contributed by atoms with van der Waals surface area (Å²) in [5.41, 5.74) is 2.08. The molecule has 3 heterocycles. The fraction of sp³-hybridized carbons (Fsp3) is 0.600. The molecule has 7 heteroatoms. The molecule has 2 aliphatic heterocycles. The molecular weight excluding hydrogens is 315 g/mol. The van der Waals surface area contributed by atoms with Gasteiger partial charge in [0.25, 0.3) is 0 Å². The number of nitrogens with zero attached hydrogens (tertiary/aromatic N) is 3. The van der Waals surface area contributed by atoms with Crippen molar-refractivity contribution in [2.75, 3.05) is 6.54 Å². The van der Waals surface area contributed by atoms with Gasteiger partial charge in [-0.2, -0.15) is 9.44 Å². The number of urea groups is 1. The van der Waals surface area contributed by atoms with E-state index in [9.17, 15) is 10.0 Å². The summed E-state index contributed by atoms with van der Waals surface area (Å²) in [7, 11) is 0. The molecule has 1 unspecified atom stereocenters. The average Bonchev–Trinajstić information content (AvgIpc) is 2.79.